The van der Waals surface area contributed by atoms with E-state index in [1.54, 1.807) is 18.3 Å². The number of rotatable bonds is 5. The first kappa shape index (κ1) is 25.8. The summed E-state index contributed by atoms with van der Waals surface area (Å²) >= 11 is 0. The number of aromatic nitrogens is 3. The van der Waals surface area contributed by atoms with Crippen molar-refractivity contribution in [3.63, 3.8) is 0 Å². The van der Waals surface area contributed by atoms with E-state index in [1.807, 2.05) is 37.3 Å². The van der Waals surface area contributed by atoms with Crippen molar-refractivity contribution in [3.05, 3.63) is 138 Å². The summed E-state index contributed by atoms with van der Waals surface area (Å²) in [5.74, 6) is 3.10. The minimum Gasteiger partial charge on any atom is -0.457 e. The van der Waals surface area contributed by atoms with Crippen LogP contribution in [0.5, 0.6) is 11.5 Å². The Labute approximate surface area is 264 Å². The van der Waals surface area contributed by atoms with Crippen molar-refractivity contribution < 1.29 is 6.11 Å². The third-order valence-electron chi connectivity index (χ3n) is 8.56. The average Bonchev–Trinajstić information content (AvgIpc) is 3.56. The molecule has 6 nitrogen and oxygen atoms in total. The maximum absolute atomic E-state index is 8.19. The van der Waals surface area contributed by atoms with Gasteiger partial charge in [-0.3, -0.25) is 4.57 Å². The Morgan fingerprint density at radius 2 is 1.51 bits per heavy atom. The van der Waals surface area contributed by atoms with Crippen molar-refractivity contribution >= 4 is 44.7 Å². The van der Waals surface area contributed by atoms with Crippen molar-refractivity contribution in [1.82, 2.24) is 14.5 Å². The molecule has 0 atom stereocenters. The third-order valence-corrected chi connectivity index (χ3v) is 8.56. The maximum Gasteiger partial charge on any atom is 0.158 e. The van der Waals surface area contributed by atoms with E-state index < -0.39 is 0 Å². The third kappa shape index (κ3) is 4.57. The first-order valence-corrected chi connectivity index (χ1v) is 15.2. The van der Waals surface area contributed by atoms with Crippen molar-refractivity contribution in [2.75, 3.05) is 16.5 Å². The first-order chi connectivity index (χ1) is 22.3. The fraction of sp³-hybridized carbons (Fsp3) is 0.128. The Balaban J connectivity index is 1.17. The molecule has 3 aromatic heterocycles. The molecule has 0 fully saturated rings. The fourth-order valence-electron chi connectivity index (χ4n) is 6.77. The van der Waals surface area contributed by atoms with Gasteiger partial charge in [0, 0.05) is 46.2 Å². The quantitative estimate of drug-likeness (QED) is 0.200. The molecule has 0 bridgehead atoms. The zero-order chi connectivity index (χ0) is 31.5. The van der Waals surface area contributed by atoms with Gasteiger partial charge in [0.1, 0.15) is 24.0 Å². The van der Waals surface area contributed by atoms with E-state index >= 15 is 0 Å². The van der Waals surface area contributed by atoms with Crippen LogP contribution in [0, 0.1) is 27.7 Å². The topological polar surface area (TPSA) is 46.4 Å². The van der Waals surface area contributed by atoms with Crippen molar-refractivity contribution in [2.45, 2.75) is 27.7 Å². The summed E-state index contributed by atoms with van der Waals surface area (Å²) < 4.78 is 16.8. The minimum absolute atomic E-state index is 0.416. The molecule has 0 amide bonds. The summed E-state index contributed by atoms with van der Waals surface area (Å²) in [5.41, 5.74) is 10.1. The lowest BCUT2D eigenvalue weighted by Gasteiger charge is -2.25. The predicted octanol–water partition coefficient (Wildman–Crippen LogP) is 9.85. The molecule has 220 valence electrons. The smallest absolute Gasteiger partial charge is 0.158 e. The van der Waals surface area contributed by atoms with Crippen LogP contribution < -0.4 is 14.5 Å². The molecule has 8 rings (SSSR count). The molecule has 0 saturated heterocycles. The number of benzene rings is 4. The minimum atomic E-state index is 0.416. The Morgan fingerprint density at radius 1 is 0.711 bits per heavy atom. The highest BCUT2D eigenvalue weighted by molar-refractivity contribution is 6.09. The number of ether oxygens (including phenoxy) is 1. The van der Waals surface area contributed by atoms with Crippen molar-refractivity contribution in [2.24, 2.45) is 0 Å². The molecule has 6 heteroatoms. The zero-order valence-corrected chi connectivity index (χ0v) is 25.7. The lowest BCUT2D eigenvalue weighted by atomic mass is 10.0. The van der Waals surface area contributed by atoms with Crippen LogP contribution in [0.2, 0.25) is 0 Å². The van der Waals surface area contributed by atoms with Crippen LogP contribution in [-0.2, 0) is 0 Å². The number of anilines is 4. The molecule has 0 unspecified atom stereocenters. The Bertz CT molecular complexity index is 2290. The summed E-state index contributed by atoms with van der Waals surface area (Å²) in [6, 6.07) is 35.3. The molecule has 4 aromatic carbocycles. The molecule has 7 aromatic rings. The largest absolute Gasteiger partial charge is 0.457 e. The number of hydrogen-bond donors (Lipinski definition) is 0. The van der Waals surface area contributed by atoms with Gasteiger partial charge >= 0.3 is 0 Å². The van der Waals surface area contributed by atoms with Gasteiger partial charge in [-0.05, 0) is 93.4 Å². The standard InChI is InChI=1S/C39H33N5O/c1-25-20-26(2)38(27(3)21-25)43-24-42(39-35(43)18-15-28(4)41-39)29-10-9-11-30(22-29)45-31-16-17-33-32-12-5-6-13-34(32)44(36(33)23-31)37-14-7-8-19-40-37/h5-23H,24H2,1-4H3/i7D. The number of aryl methyl sites for hydroxylation is 4. The van der Waals surface area contributed by atoms with E-state index in [0.29, 0.717) is 18.5 Å². The van der Waals surface area contributed by atoms with E-state index in [0.717, 1.165) is 56.2 Å². The van der Waals surface area contributed by atoms with Gasteiger partial charge in [0.2, 0.25) is 0 Å². The Morgan fingerprint density at radius 3 is 2.36 bits per heavy atom. The highest BCUT2D eigenvalue weighted by atomic mass is 16.5. The summed E-state index contributed by atoms with van der Waals surface area (Å²) in [6.07, 6.45) is 1.68. The molecule has 1 aliphatic heterocycles. The molecule has 0 radical (unpaired) electrons. The lowest BCUT2D eigenvalue weighted by molar-refractivity contribution is 0.483. The predicted molar refractivity (Wildman–Crippen MR) is 184 cm³/mol. The first-order valence-electron chi connectivity index (χ1n) is 15.7. The average molecular weight is 589 g/mol. The van der Waals surface area contributed by atoms with Crippen LogP contribution in [-0.4, -0.2) is 21.2 Å². The van der Waals surface area contributed by atoms with Crippen LogP contribution >= 0.6 is 0 Å². The second-order valence-corrected chi connectivity index (χ2v) is 11.8. The van der Waals surface area contributed by atoms with E-state index in [2.05, 4.69) is 101 Å². The van der Waals surface area contributed by atoms with Crippen LogP contribution in [0.1, 0.15) is 23.8 Å². The number of hydrogen-bond acceptors (Lipinski definition) is 5. The second-order valence-electron chi connectivity index (χ2n) is 11.8. The molecule has 0 spiro atoms. The van der Waals surface area contributed by atoms with Crippen LogP contribution in [0.3, 0.4) is 0 Å². The summed E-state index contributed by atoms with van der Waals surface area (Å²) in [5, 5.41) is 2.23. The van der Waals surface area contributed by atoms with E-state index in [4.69, 9.17) is 11.1 Å². The SMILES string of the molecule is [2H]c1ccnc(-n2c3ccccc3c3ccc(Oc4cccc(N5CN(c6c(C)cc(C)cc6C)c6ccc(C)nc65)c4)cc32)c1. The number of pyridine rings is 2. The normalized spacial score (nSPS) is 13.0. The van der Waals surface area contributed by atoms with Crippen molar-refractivity contribution in [1.29, 1.82) is 0 Å². The highest BCUT2D eigenvalue weighted by Crippen LogP contribution is 2.46. The number of nitrogens with zero attached hydrogens (tertiary/aromatic N) is 5. The summed E-state index contributed by atoms with van der Waals surface area (Å²) in [7, 11) is 0. The van der Waals surface area contributed by atoms with E-state index in [1.165, 1.54) is 22.4 Å². The lowest BCUT2D eigenvalue weighted by Crippen LogP contribution is -2.25. The van der Waals surface area contributed by atoms with Crippen LogP contribution in [0.25, 0.3) is 27.6 Å². The Hall–Kier alpha value is -5.62. The van der Waals surface area contributed by atoms with Crippen LogP contribution in [0.15, 0.2) is 115 Å². The monoisotopic (exact) mass is 588 g/mol. The molecule has 1 aliphatic rings. The van der Waals surface area contributed by atoms with Gasteiger partial charge < -0.3 is 14.5 Å². The zero-order valence-electron chi connectivity index (χ0n) is 26.7. The summed E-state index contributed by atoms with van der Waals surface area (Å²) in [6.45, 7) is 9.20. The molecular weight excluding hydrogens is 554 g/mol. The summed E-state index contributed by atoms with van der Waals surface area (Å²) in [4.78, 5) is 14.2. The highest BCUT2D eigenvalue weighted by Gasteiger charge is 2.31. The van der Waals surface area contributed by atoms with E-state index in [-0.39, 0.29) is 0 Å². The molecule has 0 aliphatic carbocycles. The van der Waals surface area contributed by atoms with Gasteiger partial charge in [-0.2, -0.15) is 0 Å². The fourth-order valence-corrected chi connectivity index (χ4v) is 6.77. The van der Waals surface area contributed by atoms with Gasteiger partial charge in [-0.1, -0.05) is 48.0 Å². The molecule has 45 heavy (non-hydrogen) atoms. The molecule has 4 heterocycles. The molecule has 0 saturated carbocycles. The molecule has 0 N–H and O–H groups in total. The number of fused-ring (bicyclic) bond motifs is 4. The van der Waals surface area contributed by atoms with E-state index in [9.17, 15) is 0 Å². The van der Waals surface area contributed by atoms with Gasteiger partial charge in [0.15, 0.2) is 5.82 Å². The van der Waals surface area contributed by atoms with Crippen LogP contribution in [0.4, 0.5) is 22.9 Å². The maximum atomic E-state index is 8.19. The van der Waals surface area contributed by atoms with Gasteiger partial charge in [0.25, 0.3) is 0 Å². The number of para-hydroxylation sites is 1. The van der Waals surface area contributed by atoms with Gasteiger partial charge in [-0.25, -0.2) is 9.97 Å². The Kier molecular flexibility index (Phi) is 6.04. The van der Waals surface area contributed by atoms with Crippen molar-refractivity contribution in [3.8, 4) is 17.3 Å². The second kappa shape index (κ2) is 10.5. The van der Waals surface area contributed by atoms with Gasteiger partial charge in [0.05, 0.1) is 18.1 Å². The molecular formula is C39H33N5O. The van der Waals surface area contributed by atoms with Gasteiger partial charge in [-0.15, -0.1) is 0 Å².